The van der Waals surface area contributed by atoms with Gasteiger partial charge in [-0.2, -0.15) is 5.26 Å². The van der Waals surface area contributed by atoms with Crippen LogP contribution in [0, 0.1) is 11.3 Å². The van der Waals surface area contributed by atoms with Crippen LogP contribution in [-0.2, 0) is 19.4 Å². The summed E-state index contributed by atoms with van der Waals surface area (Å²) in [5.74, 6) is 1.74. The third kappa shape index (κ3) is 1.95. The Morgan fingerprint density at radius 2 is 1.79 bits per heavy atom. The van der Waals surface area contributed by atoms with Crippen LogP contribution < -0.4 is 14.8 Å². The molecule has 1 N–H and O–H groups in total. The lowest BCUT2D eigenvalue weighted by Gasteiger charge is -2.28. The SMILES string of the molecule is CNCc1c2c(c(C#N)c3c1OCCC3)OCCC2. The number of nitrogens with one attached hydrogen (secondary N) is 1. The zero-order valence-electron chi connectivity index (χ0n) is 11.2. The Hall–Kier alpha value is -1.73. The van der Waals surface area contributed by atoms with Crippen LogP contribution in [0.2, 0.25) is 0 Å². The molecule has 3 rings (SSSR count). The first-order valence-corrected chi connectivity index (χ1v) is 6.87. The average Bonchev–Trinajstić information content (AvgIpc) is 2.47. The summed E-state index contributed by atoms with van der Waals surface area (Å²) in [7, 11) is 1.93. The second-order valence-electron chi connectivity index (χ2n) is 5.02. The van der Waals surface area contributed by atoms with Crippen molar-refractivity contribution in [1.29, 1.82) is 5.26 Å². The van der Waals surface area contributed by atoms with Gasteiger partial charge in [0.25, 0.3) is 0 Å². The molecule has 2 aliphatic rings. The molecule has 0 atom stereocenters. The van der Waals surface area contributed by atoms with E-state index in [0.29, 0.717) is 12.2 Å². The van der Waals surface area contributed by atoms with Crippen LogP contribution in [-0.4, -0.2) is 20.3 Å². The van der Waals surface area contributed by atoms with Crippen molar-refractivity contribution in [2.45, 2.75) is 32.2 Å². The molecule has 1 aromatic carbocycles. The monoisotopic (exact) mass is 258 g/mol. The average molecular weight is 258 g/mol. The van der Waals surface area contributed by atoms with E-state index in [-0.39, 0.29) is 0 Å². The highest BCUT2D eigenvalue weighted by atomic mass is 16.5. The number of hydrogen-bond acceptors (Lipinski definition) is 4. The van der Waals surface area contributed by atoms with E-state index in [0.717, 1.165) is 61.5 Å². The van der Waals surface area contributed by atoms with Crippen LogP contribution in [0.25, 0.3) is 0 Å². The summed E-state index contributed by atoms with van der Waals surface area (Å²) in [6.45, 7) is 2.22. The third-order valence-corrected chi connectivity index (χ3v) is 3.82. The first-order valence-electron chi connectivity index (χ1n) is 6.87. The molecule has 0 radical (unpaired) electrons. The van der Waals surface area contributed by atoms with Gasteiger partial charge in [0.1, 0.15) is 23.1 Å². The minimum atomic E-state index is 0.698. The lowest BCUT2D eigenvalue weighted by molar-refractivity contribution is 0.268. The fourth-order valence-corrected chi connectivity index (χ4v) is 3.02. The Labute approximate surface area is 113 Å². The maximum absolute atomic E-state index is 9.47. The predicted octanol–water partition coefficient (Wildman–Crippen LogP) is 1.93. The van der Waals surface area contributed by atoms with Crippen molar-refractivity contribution in [3.8, 4) is 17.6 Å². The highest BCUT2D eigenvalue weighted by molar-refractivity contribution is 5.64. The number of nitriles is 1. The van der Waals surface area contributed by atoms with Crippen molar-refractivity contribution >= 4 is 0 Å². The number of ether oxygens (including phenoxy) is 2. The Morgan fingerprint density at radius 3 is 2.47 bits per heavy atom. The normalized spacial score (nSPS) is 16.6. The Balaban J connectivity index is 2.26. The maximum Gasteiger partial charge on any atom is 0.141 e. The molecular weight excluding hydrogens is 240 g/mol. The zero-order chi connectivity index (χ0) is 13.2. The second kappa shape index (κ2) is 5.10. The second-order valence-corrected chi connectivity index (χ2v) is 5.02. The molecule has 0 bridgehead atoms. The lowest BCUT2D eigenvalue weighted by atomic mass is 9.89. The van der Waals surface area contributed by atoms with Crippen LogP contribution in [0.15, 0.2) is 0 Å². The minimum absolute atomic E-state index is 0.698. The van der Waals surface area contributed by atoms with E-state index in [1.807, 2.05) is 7.05 Å². The van der Waals surface area contributed by atoms with Gasteiger partial charge in [-0.3, -0.25) is 0 Å². The topological polar surface area (TPSA) is 54.3 Å². The summed E-state index contributed by atoms with van der Waals surface area (Å²) < 4.78 is 11.7. The smallest absolute Gasteiger partial charge is 0.141 e. The van der Waals surface area contributed by atoms with E-state index in [1.54, 1.807) is 0 Å². The summed E-state index contributed by atoms with van der Waals surface area (Å²) in [6, 6.07) is 2.33. The van der Waals surface area contributed by atoms with E-state index in [2.05, 4.69) is 11.4 Å². The van der Waals surface area contributed by atoms with Gasteiger partial charge < -0.3 is 14.8 Å². The standard InChI is InChI=1S/C15H18N2O2/c1-17-9-13-11-5-3-6-18-14(11)12(8-16)10-4-2-7-19-15(10)13/h17H,2-7,9H2,1H3. The molecule has 0 aliphatic carbocycles. The molecule has 0 aromatic heterocycles. The molecule has 100 valence electrons. The Morgan fingerprint density at radius 1 is 1.11 bits per heavy atom. The highest BCUT2D eigenvalue weighted by Crippen LogP contribution is 2.43. The molecule has 1 aromatic rings. The van der Waals surface area contributed by atoms with Gasteiger partial charge in [0.2, 0.25) is 0 Å². The van der Waals surface area contributed by atoms with Gasteiger partial charge in [-0.05, 0) is 32.7 Å². The molecule has 2 aliphatic heterocycles. The fourth-order valence-electron chi connectivity index (χ4n) is 3.02. The third-order valence-electron chi connectivity index (χ3n) is 3.82. The molecule has 2 heterocycles. The van der Waals surface area contributed by atoms with Gasteiger partial charge in [0.05, 0.1) is 13.2 Å². The van der Waals surface area contributed by atoms with Crippen molar-refractivity contribution in [2.24, 2.45) is 0 Å². The number of nitrogens with zero attached hydrogens (tertiary/aromatic N) is 1. The quantitative estimate of drug-likeness (QED) is 0.880. The van der Waals surface area contributed by atoms with E-state index in [1.165, 1.54) is 5.56 Å². The summed E-state index contributed by atoms with van der Waals surface area (Å²) in [5, 5.41) is 12.7. The van der Waals surface area contributed by atoms with E-state index in [4.69, 9.17) is 9.47 Å². The largest absolute Gasteiger partial charge is 0.493 e. The fraction of sp³-hybridized carbons (Fsp3) is 0.533. The molecule has 0 saturated heterocycles. The first kappa shape index (κ1) is 12.3. The van der Waals surface area contributed by atoms with Crippen LogP contribution >= 0.6 is 0 Å². The van der Waals surface area contributed by atoms with Crippen molar-refractivity contribution in [2.75, 3.05) is 20.3 Å². The molecule has 19 heavy (non-hydrogen) atoms. The number of benzene rings is 1. The van der Waals surface area contributed by atoms with Gasteiger partial charge in [-0.15, -0.1) is 0 Å². The van der Waals surface area contributed by atoms with Crippen molar-refractivity contribution in [3.05, 3.63) is 22.3 Å². The molecule has 0 fully saturated rings. The Bertz CT molecular complexity index is 509. The molecule has 0 spiro atoms. The van der Waals surface area contributed by atoms with E-state index >= 15 is 0 Å². The van der Waals surface area contributed by atoms with Gasteiger partial charge in [-0.1, -0.05) is 0 Å². The summed E-state index contributed by atoms with van der Waals surface area (Å²) in [6.07, 6.45) is 3.86. The number of fused-ring (bicyclic) bond motifs is 2. The minimum Gasteiger partial charge on any atom is -0.493 e. The highest BCUT2D eigenvalue weighted by Gasteiger charge is 2.28. The first-order chi connectivity index (χ1) is 9.36. The molecular formula is C15H18N2O2. The van der Waals surface area contributed by atoms with Gasteiger partial charge in [0.15, 0.2) is 0 Å². The molecule has 0 saturated carbocycles. The zero-order valence-corrected chi connectivity index (χ0v) is 11.2. The summed E-state index contributed by atoms with van der Waals surface area (Å²) in [4.78, 5) is 0. The predicted molar refractivity (Wildman–Crippen MR) is 71.6 cm³/mol. The van der Waals surface area contributed by atoms with Crippen molar-refractivity contribution in [3.63, 3.8) is 0 Å². The van der Waals surface area contributed by atoms with Crippen molar-refractivity contribution < 1.29 is 9.47 Å². The molecule has 0 amide bonds. The van der Waals surface area contributed by atoms with Crippen LogP contribution in [0.3, 0.4) is 0 Å². The van der Waals surface area contributed by atoms with Gasteiger partial charge in [-0.25, -0.2) is 0 Å². The summed E-state index contributed by atoms with van der Waals surface area (Å²) in [5.41, 5.74) is 4.09. The molecule has 4 nitrogen and oxygen atoms in total. The lowest BCUT2D eigenvalue weighted by Crippen LogP contribution is -2.21. The van der Waals surface area contributed by atoms with E-state index in [9.17, 15) is 5.26 Å². The van der Waals surface area contributed by atoms with Crippen molar-refractivity contribution in [1.82, 2.24) is 5.32 Å². The van der Waals surface area contributed by atoms with Gasteiger partial charge >= 0.3 is 0 Å². The van der Waals surface area contributed by atoms with E-state index < -0.39 is 0 Å². The van der Waals surface area contributed by atoms with Crippen LogP contribution in [0.5, 0.6) is 11.5 Å². The maximum atomic E-state index is 9.47. The molecule has 4 heteroatoms. The van der Waals surface area contributed by atoms with Crippen LogP contribution in [0.1, 0.15) is 35.1 Å². The Kier molecular flexibility index (Phi) is 3.31. The molecule has 0 unspecified atom stereocenters. The van der Waals surface area contributed by atoms with Gasteiger partial charge in [0, 0.05) is 23.2 Å². The summed E-state index contributed by atoms with van der Waals surface area (Å²) >= 11 is 0. The van der Waals surface area contributed by atoms with Crippen LogP contribution in [0.4, 0.5) is 0 Å². The number of hydrogen-bond donors (Lipinski definition) is 1. The number of rotatable bonds is 2.